The van der Waals surface area contributed by atoms with Crippen LogP contribution in [0.5, 0.6) is 17.2 Å². The summed E-state index contributed by atoms with van der Waals surface area (Å²) in [6, 6.07) is 22.3. The second kappa shape index (κ2) is 13.8. The molecule has 0 heterocycles. The molecule has 0 spiro atoms. The molecule has 6 aromatic rings. The lowest BCUT2D eigenvalue weighted by Gasteiger charge is -2.12. The van der Waals surface area contributed by atoms with Crippen molar-refractivity contribution in [1.29, 1.82) is 0 Å². The highest BCUT2D eigenvalue weighted by Gasteiger charge is 2.24. The normalized spacial score (nSPS) is 12.6. The molecule has 0 aliphatic carbocycles. The van der Waals surface area contributed by atoms with Gasteiger partial charge in [-0.25, -0.2) is 0 Å². The standard InChI is InChI=1S/C33H25N5O12S3/c1-50-28-17-25(27(39)16-26(28)37-35-21-14-24-23(30(15-21)52(44,45)46)8-5-9-29(24)51(41,42)43)36-38-32-31(53(47,48)49)13-18-12-20(10-11-22(18)33(32)40)34-19-6-3-2-4-7-19/h2-17,34,39-40H,1H3,(H,41,42,43)(H,44,45,46)(H,47,48,49). The molecule has 0 aliphatic heterocycles. The summed E-state index contributed by atoms with van der Waals surface area (Å²) in [4.78, 5) is -2.18. The van der Waals surface area contributed by atoms with Crippen molar-refractivity contribution < 1.29 is 53.9 Å². The Morgan fingerprint density at radius 1 is 0.566 bits per heavy atom. The lowest BCUT2D eigenvalue weighted by atomic mass is 10.1. The molecule has 17 nitrogen and oxygen atoms in total. The third-order valence-electron chi connectivity index (χ3n) is 7.66. The quantitative estimate of drug-likeness (QED) is 0.0574. The highest BCUT2D eigenvalue weighted by Crippen LogP contribution is 2.45. The molecule has 20 heteroatoms. The number of aromatic hydroxyl groups is 2. The largest absolute Gasteiger partial charge is 0.506 e. The van der Waals surface area contributed by atoms with Crippen LogP contribution < -0.4 is 10.1 Å². The third-order valence-corrected chi connectivity index (χ3v) is 10.3. The fourth-order valence-corrected chi connectivity index (χ4v) is 7.38. The van der Waals surface area contributed by atoms with Crippen molar-refractivity contribution in [3.05, 3.63) is 97.1 Å². The first kappa shape index (κ1) is 36.8. The van der Waals surface area contributed by atoms with Crippen LogP contribution in [0.4, 0.5) is 34.1 Å². The van der Waals surface area contributed by atoms with Crippen LogP contribution in [-0.2, 0) is 30.4 Å². The minimum atomic E-state index is -4.97. The van der Waals surface area contributed by atoms with Gasteiger partial charge in [-0.1, -0.05) is 30.3 Å². The van der Waals surface area contributed by atoms with E-state index in [4.69, 9.17) is 4.74 Å². The zero-order chi connectivity index (χ0) is 38.3. The van der Waals surface area contributed by atoms with Crippen LogP contribution in [0.3, 0.4) is 0 Å². The van der Waals surface area contributed by atoms with Crippen molar-refractivity contribution in [3.8, 4) is 17.2 Å². The molecule has 272 valence electrons. The molecule has 6 rings (SSSR count). The number of anilines is 2. The Morgan fingerprint density at radius 2 is 1.25 bits per heavy atom. The number of fused-ring (bicyclic) bond motifs is 2. The average Bonchev–Trinajstić information content (AvgIpc) is 3.09. The van der Waals surface area contributed by atoms with Crippen LogP contribution >= 0.6 is 0 Å². The van der Waals surface area contributed by atoms with Crippen molar-refractivity contribution in [2.75, 3.05) is 12.4 Å². The van der Waals surface area contributed by atoms with Gasteiger partial charge in [-0.05, 0) is 60.0 Å². The maximum atomic E-state index is 12.4. The number of azo groups is 2. The Balaban J connectivity index is 1.38. The average molecular weight is 780 g/mol. The lowest BCUT2D eigenvalue weighted by Crippen LogP contribution is -2.03. The van der Waals surface area contributed by atoms with E-state index in [0.717, 1.165) is 42.1 Å². The molecule has 0 unspecified atom stereocenters. The number of benzene rings is 6. The Morgan fingerprint density at radius 3 is 1.91 bits per heavy atom. The Bertz CT molecular complexity index is 2850. The summed E-state index contributed by atoms with van der Waals surface area (Å²) in [7, 11) is -13.5. The van der Waals surface area contributed by atoms with Gasteiger partial charge in [0.05, 0.1) is 12.8 Å². The fourth-order valence-electron chi connectivity index (χ4n) is 5.30. The van der Waals surface area contributed by atoms with Crippen molar-refractivity contribution in [2.45, 2.75) is 14.7 Å². The Hall–Kier alpha value is -6.03. The van der Waals surface area contributed by atoms with Gasteiger partial charge in [-0.2, -0.15) is 30.4 Å². The molecule has 6 aromatic carbocycles. The van der Waals surface area contributed by atoms with Gasteiger partial charge in [0.2, 0.25) is 0 Å². The highest BCUT2D eigenvalue weighted by molar-refractivity contribution is 7.86. The minimum absolute atomic E-state index is 0.105. The minimum Gasteiger partial charge on any atom is -0.506 e. The van der Waals surface area contributed by atoms with Crippen LogP contribution in [-0.4, -0.2) is 56.2 Å². The number of phenolic OH excluding ortho intramolecular Hbond substituents is 2. The molecule has 0 atom stereocenters. The summed E-state index contributed by atoms with van der Waals surface area (Å²) in [5.41, 5.74) is -0.127. The second-order valence-electron chi connectivity index (χ2n) is 11.1. The molecule has 0 saturated carbocycles. The molecule has 0 radical (unpaired) electrons. The predicted molar refractivity (Wildman–Crippen MR) is 192 cm³/mol. The molecular formula is C33H25N5O12S3. The Labute approximate surface area is 300 Å². The monoisotopic (exact) mass is 779 g/mol. The number of phenols is 2. The number of para-hydroxylation sites is 1. The number of nitrogens with one attached hydrogen (secondary N) is 1. The SMILES string of the molecule is COc1cc(N=Nc2c(S(=O)(=O)O)cc3cc(Nc4ccccc4)ccc3c2O)c(O)cc1N=Nc1cc(S(=O)(=O)O)c2cccc(S(=O)(=O)O)c2c1. The number of hydrogen-bond acceptors (Lipinski definition) is 14. The molecule has 6 N–H and O–H groups in total. The van der Waals surface area contributed by atoms with Crippen LogP contribution in [0.1, 0.15) is 0 Å². The summed E-state index contributed by atoms with van der Waals surface area (Å²) in [6.07, 6.45) is 0. The van der Waals surface area contributed by atoms with E-state index in [2.05, 4.69) is 25.8 Å². The second-order valence-corrected chi connectivity index (χ2v) is 15.3. The van der Waals surface area contributed by atoms with Gasteiger partial charge in [0.25, 0.3) is 30.4 Å². The lowest BCUT2D eigenvalue weighted by molar-refractivity contribution is 0.413. The molecule has 0 aliphatic rings. The van der Waals surface area contributed by atoms with Crippen LogP contribution in [0, 0.1) is 0 Å². The summed E-state index contributed by atoms with van der Waals surface area (Å²) < 4.78 is 108. The van der Waals surface area contributed by atoms with E-state index < -0.39 is 62.2 Å². The van der Waals surface area contributed by atoms with Crippen LogP contribution in [0.15, 0.2) is 132 Å². The number of nitrogens with zero attached hydrogens (tertiary/aromatic N) is 4. The van der Waals surface area contributed by atoms with E-state index in [1.807, 2.05) is 30.3 Å². The predicted octanol–water partition coefficient (Wildman–Crippen LogP) is 7.73. The summed E-state index contributed by atoms with van der Waals surface area (Å²) in [5, 5.41) is 40.4. The van der Waals surface area contributed by atoms with Gasteiger partial charge >= 0.3 is 0 Å². The third kappa shape index (κ3) is 7.77. The first-order chi connectivity index (χ1) is 24.9. The molecule has 53 heavy (non-hydrogen) atoms. The Kier molecular flexibility index (Phi) is 9.59. The zero-order valence-corrected chi connectivity index (χ0v) is 29.3. The maximum absolute atomic E-state index is 12.4. The first-order valence-electron chi connectivity index (χ1n) is 14.8. The van der Waals surface area contributed by atoms with E-state index in [1.54, 1.807) is 12.1 Å². The van der Waals surface area contributed by atoms with Gasteiger partial charge in [0.15, 0.2) is 5.75 Å². The molecular weight excluding hydrogens is 755 g/mol. The van der Waals surface area contributed by atoms with Crippen LogP contribution in [0.25, 0.3) is 21.5 Å². The summed E-state index contributed by atoms with van der Waals surface area (Å²) in [6.45, 7) is 0. The molecule has 0 aromatic heterocycles. The smallest absolute Gasteiger partial charge is 0.296 e. The van der Waals surface area contributed by atoms with Crippen molar-refractivity contribution in [1.82, 2.24) is 0 Å². The molecule has 0 fully saturated rings. The molecule has 0 amide bonds. The van der Waals surface area contributed by atoms with E-state index >= 15 is 0 Å². The topological polar surface area (TPSA) is 274 Å². The maximum Gasteiger partial charge on any atom is 0.296 e. The zero-order valence-electron chi connectivity index (χ0n) is 26.8. The van der Waals surface area contributed by atoms with Crippen LogP contribution in [0.2, 0.25) is 0 Å². The van der Waals surface area contributed by atoms with Crippen molar-refractivity contribution >= 4 is 86.0 Å². The number of hydrogen-bond donors (Lipinski definition) is 6. The summed E-state index contributed by atoms with van der Waals surface area (Å²) >= 11 is 0. The molecule has 0 bridgehead atoms. The number of ether oxygens (including phenoxy) is 1. The van der Waals surface area contributed by atoms with Crippen molar-refractivity contribution in [2.24, 2.45) is 20.5 Å². The highest BCUT2D eigenvalue weighted by atomic mass is 32.2. The van der Waals surface area contributed by atoms with E-state index in [-0.39, 0.29) is 44.4 Å². The van der Waals surface area contributed by atoms with Gasteiger partial charge in [-0.15, -0.1) is 15.3 Å². The number of methoxy groups -OCH3 is 1. The fraction of sp³-hybridized carbons (Fsp3) is 0.0303. The molecule has 0 saturated heterocycles. The van der Waals surface area contributed by atoms with Crippen molar-refractivity contribution in [3.63, 3.8) is 0 Å². The van der Waals surface area contributed by atoms with E-state index in [1.165, 1.54) is 25.3 Å². The summed E-state index contributed by atoms with van der Waals surface area (Å²) in [5.74, 6) is -1.36. The first-order valence-corrected chi connectivity index (χ1v) is 19.1. The van der Waals surface area contributed by atoms with E-state index in [9.17, 15) is 49.1 Å². The van der Waals surface area contributed by atoms with Gasteiger partial charge < -0.3 is 20.3 Å². The number of rotatable bonds is 10. The van der Waals surface area contributed by atoms with Gasteiger partial charge in [0.1, 0.15) is 43.2 Å². The van der Waals surface area contributed by atoms with E-state index in [0.29, 0.717) is 5.69 Å². The van der Waals surface area contributed by atoms with Gasteiger partial charge in [0, 0.05) is 39.7 Å². The van der Waals surface area contributed by atoms with Gasteiger partial charge in [-0.3, -0.25) is 13.7 Å².